The lowest BCUT2D eigenvalue weighted by Gasteiger charge is -2.35. The minimum Gasteiger partial charge on any atom is -0.481 e. The highest BCUT2D eigenvalue weighted by Crippen LogP contribution is 2.49. The van der Waals surface area contributed by atoms with E-state index in [1.165, 1.54) is 45.8 Å². The molecule has 4 aromatic carbocycles. The van der Waals surface area contributed by atoms with Gasteiger partial charge in [-0.1, -0.05) is 185 Å². The number of nitrogens with one attached hydrogen (secondary N) is 4. The first-order valence-corrected chi connectivity index (χ1v) is 55.1. The average Bonchev–Trinajstić information content (AvgIpc) is 0.971. The number of hydrogen-bond acceptors (Lipinski definition) is 23. The summed E-state index contributed by atoms with van der Waals surface area (Å²) in [7, 11) is 0. The Kier molecular flexibility index (Phi) is 75.7. The van der Waals surface area contributed by atoms with E-state index in [2.05, 4.69) is 213 Å². The summed E-state index contributed by atoms with van der Waals surface area (Å²) in [6, 6.07) is 43.0. The molecule has 2 fully saturated rings. The van der Waals surface area contributed by atoms with Crippen molar-refractivity contribution in [2.45, 2.75) is 285 Å². The molecule has 9 atom stereocenters. The molecule has 0 aliphatic carbocycles. The van der Waals surface area contributed by atoms with Crippen LogP contribution in [0, 0.1) is 0 Å². The van der Waals surface area contributed by atoms with Crippen molar-refractivity contribution in [2.24, 2.45) is 0 Å². The van der Waals surface area contributed by atoms with Gasteiger partial charge in [0.15, 0.2) is 0 Å². The predicted molar refractivity (Wildman–Crippen MR) is 554 cm³/mol. The zero-order valence-electron chi connectivity index (χ0n) is 73.5. The van der Waals surface area contributed by atoms with Crippen LogP contribution >= 0.6 is 158 Å². The maximum absolute atomic E-state index is 12.0. The highest BCUT2D eigenvalue weighted by atomic mass is 32.2. The second kappa shape index (κ2) is 79.5. The molecule has 34 heteroatoms. The number of hydrogen-bond donors (Lipinski definition) is 17. The summed E-state index contributed by atoms with van der Waals surface area (Å²) in [5.41, 5.74) is 5.17. The van der Waals surface area contributed by atoms with E-state index in [4.69, 9.17) is 48.4 Å². The second-order valence-electron chi connectivity index (χ2n) is 30.4. The van der Waals surface area contributed by atoms with E-state index in [9.17, 15) is 47.9 Å². The Bertz CT molecular complexity index is 3410. The number of carboxylic acids is 7. The van der Waals surface area contributed by atoms with Gasteiger partial charge in [0.05, 0.1) is 22.6 Å². The van der Waals surface area contributed by atoms with Gasteiger partial charge in [-0.15, -0.1) is 23.5 Å². The Morgan fingerprint density at radius 2 is 0.810 bits per heavy atom. The van der Waals surface area contributed by atoms with Gasteiger partial charge in [-0.05, 0) is 191 Å². The molecule has 6 rings (SSSR count). The molecule has 2 heterocycles. The fraction of sp³-hybridized carbons (Fsp3) is 0.630. The third-order valence-corrected chi connectivity index (χ3v) is 31.3. The maximum Gasteiger partial charge on any atom is 0.315 e. The number of carbonyl (C=O) groups is 10. The molecule has 126 heavy (non-hydrogen) atoms. The van der Waals surface area contributed by atoms with Crippen molar-refractivity contribution in [1.82, 2.24) is 21.3 Å². The number of thioether (sulfide) groups is 7. The van der Waals surface area contributed by atoms with Gasteiger partial charge in [0.1, 0.15) is 0 Å². The quantitative estimate of drug-likeness (QED) is 0.00845. The van der Waals surface area contributed by atoms with E-state index in [0.717, 1.165) is 207 Å². The summed E-state index contributed by atoms with van der Waals surface area (Å²) in [5, 5.41) is 74.4. The van der Waals surface area contributed by atoms with Crippen molar-refractivity contribution in [2.75, 3.05) is 71.1 Å². The Morgan fingerprint density at radius 1 is 0.437 bits per heavy atom. The highest BCUT2D eigenvalue weighted by Gasteiger charge is 2.43. The number of unbranched alkanes of at least 4 members (excludes halogenated alkanes) is 7. The van der Waals surface area contributed by atoms with E-state index in [1.807, 2.05) is 64.9 Å². The van der Waals surface area contributed by atoms with E-state index < -0.39 is 41.8 Å². The summed E-state index contributed by atoms with van der Waals surface area (Å²) < 4.78 is -0.291. The van der Waals surface area contributed by atoms with Crippen LogP contribution in [0.1, 0.15) is 247 Å². The lowest BCUT2D eigenvalue weighted by atomic mass is 9.84. The number of fused-ring (bicyclic) bond motifs is 1. The van der Waals surface area contributed by atoms with Crippen molar-refractivity contribution in [3.63, 3.8) is 0 Å². The predicted octanol–water partition coefficient (Wildman–Crippen LogP) is 21.8. The van der Waals surface area contributed by atoms with Crippen LogP contribution in [-0.2, 0) is 48.9 Å². The van der Waals surface area contributed by atoms with Crippen LogP contribution in [0.15, 0.2) is 121 Å². The molecule has 2 saturated heterocycles. The van der Waals surface area contributed by atoms with Crippen molar-refractivity contribution in [3.05, 3.63) is 144 Å². The normalized spacial score (nSPS) is 15.0. The Labute approximate surface area is 814 Å². The summed E-state index contributed by atoms with van der Waals surface area (Å²) in [6.45, 7) is 2.96. The molecule has 0 aromatic heterocycles. The van der Waals surface area contributed by atoms with Crippen molar-refractivity contribution in [1.29, 1.82) is 0 Å². The molecule has 2 aliphatic heterocycles. The Morgan fingerprint density at radius 3 is 1.21 bits per heavy atom. The second-order valence-corrected chi connectivity index (χ2v) is 42.6. The van der Waals surface area contributed by atoms with E-state index in [1.54, 1.807) is 0 Å². The standard InChI is InChI=1S/C27H30O2S2.C21H36N4O5S3.C15H22O2S2.C10H18O4S2.C10H20O2S2.C9H18O2S2/c28-26(29)19-11-10-18-25(30)20-21-31-27(22-12-4-1-5-13-22,23-14-6-2-7-15-23)24-16-8-3-9-17-24;26-17(7-3-2-6-16-19-15(13-33-16)24-20(29)25-19)22-10-11-23-21(30)32-12-9-14(31)5-1-4-8-18(27)28;16-15(17)9-5-4-8-14(10-11-18)19-12-13-6-2-1-3-7-13;11-9(12)4-2-1-3-8(5-6-15)16-7-10(13)14;1-2-14-9(7-8-13)5-3-4-6-10(11)12;1-13-8(6-7-12)4-2-3-5-9(10)11/h1-9,12-17,25,30H,10-11,18-21H2,(H,28,29);14-16,19,31H,1-13H2,(H,22,26)(H,23,30)(H,27,28)(H2,24,25,29);1-3,6-7,14,18H,4-5,8-12H2,(H,16,17);8,15H,1-7H2,(H,11,12)(H,13,14);9,13H,2-8H2,1H3,(H,11,12);8,12H,2-7H2,1H3,(H,10,11). The SMILES string of the molecule is CCSC(CCS)CCCCC(=O)O.CSC(CCS)CCCCC(=O)O.O=C(O)CCCCC(CCS)SCC(=O)O.O=C(O)CCCCC(CCS)SCc1ccccc1.O=C(O)CCCCC(S)CCSC(=O)NCCNC(=O)CCCCC1SCC2NC(=O)NC21.O=C(O)CCCCC(S)CCSC(c1ccccc1)(c1ccccc1)c1ccccc1. The molecule has 0 spiro atoms. The number of amides is 4. The van der Waals surface area contributed by atoms with Crippen LogP contribution in [0.3, 0.4) is 0 Å². The van der Waals surface area contributed by atoms with E-state index in [0.29, 0.717) is 71.9 Å². The van der Waals surface area contributed by atoms with Crippen LogP contribution < -0.4 is 21.3 Å². The minimum atomic E-state index is -0.806. The van der Waals surface area contributed by atoms with Gasteiger partial charge >= 0.3 is 47.8 Å². The van der Waals surface area contributed by atoms with Crippen LogP contribution in [0.4, 0.5) is 9.59 Å². The molecule has 2 aliphatic rings. The number of thiol groups is 6. The van der Waals surface area contributed by atoms with E-state index >= 15 is 0 Å². The topological polar surface area (TPSA) is 360 Å². The lowest BCUT2D eigenvalue weighted by molar-refractivity contribution is -0.138. The van der Waals surface area contributed by atoms with Crippen LogP contribution in [-0.4, -0.2) is 215 Å². The van der Waals surface area contributed by atoms with Crippen molar-refractivity contribution < 1.29 is 83.7 Å². The molecule has 0 bridgehead atoms. The number of carbonyl (C=O) groups excluding carboxylic acids is 3. The molecule has 4 amide bonds. The summed E-state index contributed by atoms with van der Waals surface area (Å²) >= 11 is 38.4. The zero-order chi connectivity index (χ0) is 93.2. The van der Waals surface area contributed by atoms with Gasteiger partial charge in [0, 0.05) is 112 Å². The highest BCUT2D eigenvalue weighted by molar-refractivity contribution is 8.13. The minimum absolute atomic E-state index is 0.00879. The number of carboxylic acid groups (broad SMARTS) is 7. The Balaban J connectivity index is 0.000000787. The molecule has 11 N–H and O–H groups in total. The van der Waals surface area contributed by atoms with Gasteiger partial charge in [0.2, 0.25) is 5.91 Å². The third-order valence-electron chi connectivity index (χ3n) is 20.1. The van der Waals surface area contributed by atoms with Crippen molar-refractivity contribution >= 4 is 217 Å². The maximum atomic E-state index is 12.0. The zero-order valence-corrected chi connectivity index (χ0v) is 84.6. The first-order chi connectivity index (χ1) is 60.7. The largest absolute Gasteiger partial charge is 0.481 e. The van der Waals surface area contributed by atoms with Gasteiger partial charge in [0.25, 0.3) is 5.24 Å². The number of aliphatic carboxylic acids is 7. The molecular formula is C92H144N4O17S13. The first-order valence-electron chi connectivity index (χ1n) is 44.1. The van der Waals surface area contributed by atoms with Gasteiger partial charge < -0.3 is 57.0 Å². The monoisotopic (exact) mass is 1990 g/mol. The van der Waals surface area contributed by atoms with Crippen molar-refractivity contribution in [3.8, 4) is 0 Å². The molecule has 4 aromatic rings. The van der Waals surface area contributed by atoms with Gasteiger partial charge in [-0.3, -0.25) is 43.2 Å². The summed E-state index contributed by atoms with van der Waals surface area (Å²) in [6.07, 6.45) is 28.9. The van der Waals surface area contributed by atoms with Gasteiger partial charge in [-0.2, -0.15) is 123 Å². The van der Waals surface area contributed by atoms with Crippen LogP contribution in [0.25, 0.3) is 0 Å². The van der Waals surface area contributed by atoms with Gasteiger partial charge in [-0.25, -0.2) is 4.79 Å². The first kappa shape index (κ1) is 120. The lowest BCUT2D eigenvalue weighted by Crippen LogP contribution is -2.36. The number of rotatable bonds is 65. The molecule has 21 nitrogen and oxygen atoms in total. The van der Waals surface area contributed by atoms with E-state index in [-0.39, 0.29) is 81.2 Å². The summed E-state index contributed by atoms with van der Waals surface area (Å²) in [4.78, 5) is 108. The average molecular weight is 2000 g/mol. The fourth-order valence-electron chi connectivity index (χ4n) is 13.5. The third kappa shape index (κ3) is 63.9. The summed E-state index contributed by atoms with van der Waals surface area (Å²) in [5.74, 6) is 3.18. The molecule has 0 radical (unpaired) electrons. The molecule has 9 unspecified atom stereocenters. The van der Waals surface area contributed by atoms with Crippen LogP contribution in [0.2, 0.25) is 0 Å². The Hall–Kier alpha value is -4.07. The number of urea groups is 1. The smallest absolute Gasteiger partial charge is 0.315 e. The van der Waals surface area contributed by atoms with Crippen LogP contribution in [0.5, 0.6) is 0 Å². The molecule has 0 saturated carbocycles. The number of benzene rings is 4. The molecular weight excluding hydrogens is 1850 g/mol. The fourth-order valence-corrected chi connectivity index (χ4v) is 24.4. The molecule has 712 valence electrons.